The molecule has 0 spiro atoms. The van der Waals surface area contributed by atoms with Gasteiger partial charge in [-0.05, 0) is 25.7 Å². The van der Waals surface area contributed by atoms with Crippen molar-refractivity contribution in [3.63, 3.8) is 0 Å². The van der Waals surface area contributed by atoms with Crippen molar-refractivity contribution in [2.75, 3.05) is 6.61 Å². The van der Waals surface area contributed by atoms with Gasteiger partial charge in [-0.15, -0.1) is 6.58 Å². The molecule has 8 atom stereocenters. The minimum atomic E-state index is -1.13. The Bertz CT molecular complexity index is 460. The summed E-state index contributed by atoms with van der Waals surface area (Å²) in [7, 11) is 0. The second-order valence-corrected chi connectivity index (χ2v) is 8.30. The van der Waals surface area contributed by atoms with Gasteiger partial charge in [-0.2, -0.15) is 0 Å². The first-order chi connectivity index (χ1) is 14.0. The average molecular weight is 417 g/mol. The third-order valence-corrected chi connectivity index (χ3v) is 6.00. The summed E-state index contributed by atoms with van der Waals surface area (Å²) in [5.41, 5.74) is 0. The number of aliphatic hydroxyl groups excluding tert-OH is 4. The number of allylic oxidation sites excluding steroid dienone is 1. The van der Waals surface area contributed by atoms with Crippen molar-refractivity contribution in [2.24, 2.45) is 0 Å². The van der Waals surface area contributed by atoms with Gasteiger partial charge in [0.1, 0.15) is 30.5 Å². The molecule has 29 heavy (non-hydrogen) atoms. The van der Waals surface area contributed by atoms with Crippen LogP contribution in [0.4, 0.5) is 0 Å². The predicted octanol–water partition coefficient (Wildman–Crippen LogP) is 2.05. The molecule has 0 radical (unpaired) electrons. The number of hydrogen-bond acceptors (Lipinski definition) is 7. The fourth-order valence-corrected chi connectivity index (χ4v) is 4.10. The highest BCUT2D eigenvalue weighted by Gasteiger charge is 2.45. The first kappa shape index (κ1) is 24.7. The molecular weight excluding hydrogens is 376 g/mol. The van der Waals surface area contributed by atoms with E-state index in [0.29, 0.717) is 12.8 Å². The second-order valence-electron chi connectivity index (χ2n) is 8.30. The van der Waals surface area contributed by atoms with Crippen LogP contribution in [-0.4, -0.2) is 76.1 Å². The minimum absolute atomic E-state index is 0.00961. The zero-order valence-corrected chi connectivity index (χ0v) is 17.7. The molecule has 0 saturated carbocycles. The molecule has 2 saturated heterocycles. The Balaban J connectivity index is 1.61. The summed E-state index contributed by atoms with van der Waals surface area (Å²) in [6, 6.07) is 0. The van der Waals surface area contributed by atoms with E-state index in [9.17, 15) is 20.4 Å². The lowest BCUT2D eigenvalue weighted by Crippen LogP contribution is -2.38. The van der Waals surface area contributed by atoms with Gasteiger partial charge in [0.25, 0.3) is 0 Å². The van der Waals surface area contributed by atoms with Crippen molar-refractivity contribution >= 4 is 0 Å². The van der Waals surface area contributed by atoms with Crippen LogP contribution in [0.3, 0.4) is 0 Å². The van der Waals surface area contributed by atoms with Gasteiger partial charge in [0, 0.05) is 0 Å². The highest BCUT2D eigenvalue weighted by Crippen LogP contribution is 2.28. The first-order valence-corrected chi connectivity index (χ1v) is 11.2. The maximum Gasteiger partial charge on any atom is 0.186 e. The van der Waals surface area contributed by atoms with Gasteiger partial charge in [-0.25, -0.2) is 0 Å². The van der Waals surface area contributed by atoms with E-state index in [2.05, 4.69) is 6.58 Å². The lowest BCUT2D eigenvalue weighted by atomic mass is 10.0. The molecule has 2 aliphatic heterocycles. The van der Waals surface area contributed by atoms with Crippen LogP contribution >= 0.6 is 0 Å². The van der Waals surface area contributed by atoms with E-state index in [4.69, 9.17) is 14.2 Å². The van der Waals surface area contributed by atoms with E-state index in [1.165, 1.54) is 32.1 Å². The van der Waals surface area contributed by atoms with Gasteiger partial charge in [0.05, 0.1) is 18.8 Å². The molecule has 4 N–H and O–H groups in total. The molecule has 0 bridgehead atoms. The number of rotatable bonds is 14. The summed E-state index contributed by atoms with van der Waals surface area (Å²) in [6.45, 7) is 5.58. The van der Waals surface area contributed by atoms with Gasteiger partial charge in [0.2, 0.25) is 0 Å². The van der Waals surface area contributed by atoms with Gasteiger partial charge in [-0.1, -0.05) is 51.5 Å². The normalized spacial score (nSPS) is 37.3. The smallest absolute Gasteiger partial charge is 0.186 e. The summed E-state index contributed by atoms with van der Waals surface area (Å²) in [5.74, 6) is 0. The quantitative estimate of drug-likeness (QED) is 0.253. The van der Waals surface area contributed by atoms with Gasteiger partial charge < -0.3 is 34.6 Å². The van der Waals surface area contributed by atoms with E-state index in [0.717, 1.165) is 19.3 Å². The lowest BCUT2D eigenvalue weighted by molar-refractivity contribution is -0.186. The maximum atomic E-state index is 10.3. The van der Waals surface area contributed by atoms with E-state index in [1.54, 1.807) is 0 Å². The molecule has 0 aromatic rings. The topological polar surface area (TPSA) is 109 Å². The summed E-state index contributed by atoms with van der Waals surface area (Å²) < 4.78 is 16.8. The molecule has 2 aliphatic rings. The van der Waals surface area contributed by atoms with Crippen LogP contribution in [0.15, 0.2) is 12.7 Å². The van der Waals surface area contributed by atoms with E-state index >= 15 is 0 Å². The van der Waals surface area contributed by atoms with Crippen molar-refractivity contribution in [3.05, 3.63) is 12.7 Å². The van der Waals surface area contributed by atoms with Crippen LogP contribution in [-0.2, 0) is 14.2 Å². The lowest BCUT2D eigenvalue weighted by Gasteiger charge is -2.20. The molecule has 2 rings (SSSR count). The Morgan fingerprint density at radius 2 is 1.34 bits per heavy atom. The zero-order chi connectivity index (χ0) is 21.2. The SMILES string of the molecule is C=CCCCCCCCCCC1OC(COC2OC(CC)C(O)C2O)C(O)C1O. The molecule has 170 valence electrons. The second kappa shape index (κ2) is 13.0. The van der Waals surface area contributed by atoms with Crippen LogP contribution in [0.2, 0.25) is 0 Å². The molecule has 2 heterocycles. The Hall–Kier alpha value is -0.540. The van der Waals surface area contributed by atoms with Crippen molar-refractivity contribution in [1.29, 1.82) is 0 Å². The third kappa shape index (κ3) is 7.28. The van der Waals surface area contributed by atoms with Crippen LogP contribution in [0.25, 0.3) is 0 Å². The predicted molar refractivity (Wildman–Crippen MR) is 109 cm³/mol. The van der Waals surface area contributed by atoms with E-state index < -0.39 is 49.0 Å². The van der Waals surface area contributed by atoms with Gasteiger partial charge in [-0.3, -0.25) is 0 Å². The third-order valence-electron chi connectivity index (χ3n) is 6.00. The van der Waals surface area contributed by atoms with Crippen LogP contribution < -0.4 is 0 Å². The monoisotopic (exact) mass is 416 g/mol. The molecule has 7 heteroatoms. The minimum Gasteiger partial charge on any atom is -0.388 e. The van der Waals surface area contributed by atoms with Crippen molar-refractivity contribution in [2.45, 2.75) is 120 Å². The Morgan fingerprint density at radius 1 is 0.759 bits per heavy atom. The molecule has 0 aliphatic carbocycles. The van der Waals surface area contributed by atoms with Gasteiger partial charge in [0.15, 0.2) is 6.29 Å². The molecule has 0 aromatic heterocycles. The first-order valence-electron chi connectivity index (χ1n) is 11.2. The number of ether oxygens (including phenoxy) is 3. The van der Waals surface area contributed by atoms with Crippen LogP contribution in [0.1, 0.15) is 71.1 Å². The number of unbranched alkanes of at least 4 members (excludes halogenated alkanes) is 7. The molecule has 2 fully saturated rings. The highest BCUT2D eigenvalue weighted by atomic mass is 16.7. The highest BCUT2D eigenvalue weighted by molar-refractivity contribution is 4.91. The fourth-order valence-electron chi connectivity index (χ4n) is 4.10. The number of hydrogen-bond donors (Lipinski definition) is 4. The molecular formula is C22H40O7. The molecule has 7 nitrogen and oxygen atoms in total. The molecule has 0 amide bonds. The Morgan fingerprint density at radius 3 is 1.97 bits per heavy atom. The summed E-state index contributed by atoms with van der Waals surface area (Å²) in [4.78, 5) is 0. The maximum absolute atomic E-state index is 10.3. The van der Waals surface area contributed by atoms with Crippen molar-refractivity contribution in [3.8, 4) is 0 Å². The van der Waals surface area contributed by atoms with Crippen LogP contribution in [0.5, 0.6) is 0 Å². The standard InChI is InChI=1S/C22H40O7/c1-3-5-6-7-8-9-10-11-12-13-16-19(24)20(25)17(28-16)14-27-22-21(26)18(23)15(4-2)29-22/h3,15-26H,1,4-14H2,2H3. The molecule has 8 unspecified atom stereocenters. The van der Waals surface area contributed by atoms with Gasteiger partial charge >= 0.3 is 0 Å². The Kier molecular flexibility index (Phi) is 11.1. The summed E-state index contributed by atoms with van der Waals surface area (Å²) in [6.07, 6.45) is 5.88. The summed E-state index contributed by atoms with van der Waals surface area (Å²) >= 11 is 0. The molecule has 0 aromatic carbocycles. The van der Waals surface area contributed by atoms with Crippen molar-refractivity contribution in [1.82, 2.24) is 0 Å². The number of aliphatic hydroxyl groups is 4. The summed E-state index contributed by atoms with van der Waals surface area (Å²) in [5, 5.41) is 40.4. The van der Waals surface area contributed by atoms with Crippen molar-refractivity contribution < 1.29 is 34.6 Å². The van der Waals surface area contributed by atoms with Crippen LogP contribution in [0, 0.1) is 0 Å². The average Bonchev–Trinajstić information content (AvgIpc) is 3.15. The Labute approximate surface area is 174 Å². The van der Waals surface area contributed by atoms with E-state index in [1.807, 2.05) is 13.0 Å². The largest absolute Gasteiger partial charge is 0.388 e. The fraction of sp³-hybridized carbons (Fsp3) is 0.909. The van der Waals surface area contributed by atoms with E-state index in [-0.39, 0.29) is 6.61 Å². The zero-order valence-electron chi connectivity index (χ0n) is 17.7.